The summed E-state index contributed by atoms with van der Waals surface area (Å²) in [6.45, 7) is 3.73. The number of likely N-dealkylation sites (N-methyl/N-ethyl adjacent to an activating group) is 1. The quantitative estimate of drug-likeness (QED) is 0.795. The number of para-hydroxylation sites is 1. The van der Waals surface area contributed by atoms with Gasteiger partial charge in [-0.15, -0.1) is 22.7 Å². The Morgan fingerprint density at radius 2 is 2.30 bits per heavy atom. The number of thiophene rings is 1. The van der Waals surface area contributed by atoms with Gasteiger partial charge in [-0.1, -0.05) is 19.1 Å². The Balaban J connectivity index is 1.82. The van der Waals surface area contributed by atoms with E-state index in [-0.39, 0.29) is 11.9 Å². The maximum Gasteiger partial charge on any atom is 0.240 e. The predicted octanol–water partition coefficient (Wildman–Crippen LogP) is 3.23. The molecule has 4 nitrogen and oxygen atoms in total. The lowest BCUT2D eigenvalue weighted by Gasteiger charge is -2.32. The van der Waals surface area contributed by atoms with E-state index < -0.39 is 0 Å². The average molecular weight is 342 g/mol. The molecule has 1 aliphatic rings. The molecule has 6 heteroatoms. The number of nitrogens with two attached hydrogens (primary N) is 1. The van der Waals surface area contributed by atoms with Gasteiger partial charge in [0.1, 0.15) is 11.0 Å². The minimum atomic E-state index is -0.326. The lowest BCUT2D eigenvalue weighted by molar-refractivity contribution is -0.123. The van der Waals surface area contributed by atoms with Crippen molar-refractivity contribution in [1.82, 2.24) is 9.88 Å². The highest BCUT2D eigenvalue weighted by Gasteiger charge is 2.34. The van der Waals surface area contributed by atoms with Gasteiger partial charge >= 0.3 is 0 Å². The molecule has 23 heavy (non-hydrogen) atoms. The number of hydrogen-bond acceptors (Lipinski definition) is 5. The van der Waals surface area contributed by atoms with Crippen molar-refractivity contribution in [1.29, 1.82) is 0 Å². The molecule has 0 spiro atoms. The molecule has 4 rings (SSSR count). The Bertz CT molecular complexity index is 850. The van der Waals surface area contributed by atoms with Crippen LogP contribution in [0.1, 0.15) is 23.4 Å². The number of nitrogens with zero attached hydrogens (tertiary/aromatic N) is 2. The molecule has 1 radical (unpaired) electrons. The lowest BCUT2D eigenvalue weighted by atomic mass is 9.97. The molecule has 2 N–H and O–H groups in total. The Kier molecular flexibility index (Phi) is 3.67. The van der Waals surface area contributed by atoms with E-state index in [4.69, 9.17) is 10.7 Å². The van der Waals surface area contributed by atoms with Crippen LogP contribution in [0.3, 0.4) is 0 Å². The first-order valence-corrected chi connectivity index (χ1v) is 9.25. The van der Waals surface area contributed by atoms with Gasteiger partial charge in [0.05, 0.1) is 15.6 Å². The van der Waals surface area contributed by atoms with E-state index in [2.05, 4.69) is 23.3 Å². The first-order chi connectivity index (χ1) is 11.2. The first kappa shape index (κ1) is 14.8. The fraction of sp³-hybridized carbons (Fsp3) is 0.294. The van der Waals surface area contributed by atoms with Gasteiger partial charge in [0.2, 0.25) is 5.91 Å². The minimum absolute atomic E-state index is 0.279. The summed E-state index contributed by atoms with van der Waals surface area (Å²) >= 11 is 3.19. The van der Waals surface area contributed by atoms with Crippen LogP contribution in [0, 0.1) is 5.38 Å². The van der Waals surface area contributed by atoms with Crippen molar-refractivity contribution in [2.45, 2.75) is 19.4 Å². The summed E-state index contributed by atoms with van der Waals surface area (Å²) in [6, 6.07) is 7.81. The number of aromatic nitrogens is 1. The molecule has 0 saturated heterocycles. The van der Waals surface area contributed by atoms with Gasteiger partial charge < -0.3 is 5.73 Å². The molecule has 3 heterocycles. The van der Waals surface area contributed by atoms with Crippen LogP contribution in [0.2, 0.25) is 0 Å². The smallest absolute Gasteiger partial charge is 0.240 e. The molecule has 0 aliphatic carbocycles. The molecule has 3 aromatic rings. The van der Waals surface area contributed by atoms with Gasteiger partial charge in [0, 0.05) is 17.0 Å². The Morgan fingerprint density at radius 3 is 3.04 bits per heavy atom. The number of benzene rings is 1. The fourth-order valence-electron chi connectivity index (χ4n) is 3.17. The summed E-state index contributed by atoms with van der Waals surface area (Å²) < 4.78 is 1.17. The number of carbonyl (C=O) groups is 1. The third kappa shape index (κ3) is 2.38. The second kappa shape index (κ2) is 5.70. The summed E-state index contributed by atoms with van der Waals surface area (Å²) in [7, 11) is 0. The molecule has 1 aliphatic heterocycles. The zero-order valence-electron chi connectivity index (χ0n) is 12.7. The second-order valence-corrected chi connectivity index (χ2v) is 7.47. The number of amides is 1. The summed E-state index contributed by atoms with van der Waals surface area (Å²) in [5.41, 5.74) is 8.91. The van der Waals surface area contributed by atoms with Crippen LogP contribution < -0.4 is 5.73 Å². The topological polar surface area (TPSA) is 59.2 Å². The third-order valence-electron chi connectivity index (χ3n) is 4.31. The third-order valence-corrected chi connectivity index (χ3v) is 6.36. The van der Waals surface area contributed by atoms with Crippen LogP contribution in [0.5, 0.6) is 0 Å². The molecule has 1 aromatic carbocycles. The Morgan fingerprint density at radius 1 is 1.48 bits per heavy atom. The highest BCUT2D eigenvalue weighted by molar-refractivity contribution is 7.22. The van der Waals surface area contributed by atoms with E-state index >= 15 is 0 Å². The van der Waals surface area contributed by atoms with E-state index in [1.165, 1.54) is 21.6 Å². The maximum absolute atomic E-state index is 11.9. The minimum Gasteiger partial charge on any atom is -0.368 e. The number of fused-ring (bicyclic) bond motifs is 2. The Hall–Kier alpha value is -1.76. The first-order valence-electron chi connectivity index (χ1n) is 7.61. The summed E-state index contributed by atoms with van der Waals surface area (Å²) in [5, 5.41) is 4.36. The van der Waals surface area contributed by atoms with E-state index in [1.807, 2.05) is 18.2 Å². The van der Waals surface area contributed by atoms with Crippen molar-refractivity contribution < 1.29 is 4.79 Å². The van der Waals surface area contributed by atoms with Gasteiger partial charge in [-0.25, -0.2) is 4.98 Å². The van der Waals surface area contributed by atoms with Crippen molar-refractivity contribution >= 4 is 38.8 Å². The summed E-state index contributed by atoms with van der Waals surface area (Å²) in [4.78, 5) is 19.8. The Labute approximate surface area is 142 Å². The van der Waals surface area contributed by atoms with Gasteiger partial charge in [-0.3, -0.25) is 9.69 Å². The molecule has 1 unspecified atom stereocenters. The summed E-state index contributed by atoms with van der Waals surface area (Å²) in [6.07, 6.45) is 0.915. The summed E-state index contributed by atoms with van der Waals surface area (Å²) in [5.74, 6) is -0.279. The van der Waals surface area contributed by atoms with Gasteiger partial charge in [0.15, 0.2) is 0 Å². The van der Waals surface area contributed by atoms with E-state index in [0.717, 1.165) is 40.5 Å². The van der Waals surface area contributed by atoms with Crippen LogP contribution in [0.4, 0.5) is 0 Å². The van der Waals surface area contributed by atoms with Crippen LogP contribution in [-0.2, 0) is 11.2 Å². The molecule has 0 bridgehead atoms. The molecular formula is C17H16N3OS2. The molecular weight excluding hydrogens is 326 g/mol. The molecule has 117 valence electrons. The molecule has 2 aromatic heterocycles. The molecule has 0 fully saturated rings. The van der Waals surface area contributed by atoms with Crippen LogP contribution >= 0.6 is 22.7 Å². The predicted molar refractivity (Wildman–Crippen MR) is 94.7 cm³/mol. The largest absolute Gasteiger partial charge is 0.368 e. The number of thiazole rings is 1. The number of primary amides is 1. The number of carbonyl (C=O) groups excluding carboxylic acids is 1. The van der Waals surface area contributed by atoms with E-state index in [9.17, 15) is 4.79 Å². The van der Waals surface area contributed by atoms with Crippen molar-refractivity contribution in [3.63, 3.8) is 0 Å². The molecule has 0 saturated carbocycles. The SMILES string of the molecule is CCN1CCc2c(-c3nc4ccccc4s3)[c]sc2C1C(N)=O. The lowest BCUT2D eigenvalue weighted by Crippen LogP contribution is -2.41. The highest BCUT2D eigenvalue weighted by atomic mass is 32.1. The van der Waals surface area contributed by atoms with E-state index in [0.29, 0.717) is 0 Å². The molecule has 1 atom stereocenters. The van der Waals surface area contributed by atoms with Crippen molar-refractivity contribution in [3.8, 4) is 10.6 Å². The normalized spacial score (nSPS) is 18.2. The van der Waals surface area contributed by atoms with E-state index in [1.54, 1.807) is 11.3 Å². The molecule has 1 amide bonds. The van der Waals surface area contributed by atoms with Crippen LogP contribution in [0.25, 0.3) is 20.8 Å². The standard InChI is InChI=1S/C17H16N3OS2/c1-2-20-8-7-10-11(9-22-15(10)14(20)16(18)21)17-19-12-5-3-4-6-13(12)23-17/h3-6,14H,2,7-8H2,1H3,(H2,18,21). The van der Waals surface area contributed by atoms with Crippen LogP contribution in [-0.4, -0.2) is 28.9 Å². The zero-order valence-corrected chi connectivity index (χ0v) is 14.3. The van der Waals surface area contributed by atoms with Gasteiger partial charge in [-0.05, 0) is 30.7 Å². The van der Waals surface area contributed by atoms with Crippen molar-refractivity contribution in [3.05, 3.63) is 40.1 Å². The van der Waals surface area contributed by atoms with Gasteiger partial charge in [-0.2, -0.15) is 0 Å². The van der Waals surface area contributed by atoms with Crippen molar-refractivity contribution in [2.24, 2.45) is 5.73 Å². The number of hydrogen-bond donors (Lipinski definition) is 1. The van der Waals surface area contributed by atoms with Crippen LogP contribution in [0.15, 0.2) is 24.3 Å². The second-order valence-electron chi connectivity index (χ2n) is 5.59. The zero-order chi connectivity index (χ0) is 16.0. The monoisotopic (exact) mass is 342 g/mol. The number of rotatable bonds is 3. The highest BCUT2D eigenvalue weighted by Crippen LogP contribution is 2.42. The van der Waals surface area contributed by atoms with Crippen molar-refractivity contribution in [2.75, 3.05) is 13.1 Å². The average Bonchev–Trinajstić information content (AvgIpc) is 3.16. The fourth-order valence-corrected chi connectivity index (χ4v) is 5.37. The van der Waals surface area contributed by atoms with Gasteiger partial charge in [0.25, 0.3) is 0 Å². The maximum atomic E-state index is 11.9.